The van der Waals surface area contributed by atoms with Gasteiger partial charge in [-0.15, -0.1) is 0 Å². The van der Waals surface area contributed by atoms with E-state index < -0.39 is 18.3 Å². The van der Waals surface area contributed by atoms with Crippen LogP contribution >= 0.6 is 0 Å². The summed E-state index contributed by atoms with van der Waals surface area (Å²) < 4.78 is 5.73. The van der Waals surface area contributed by atoms with E-state index in [9.17, 15) is 15.3 Å². The van der Waals surface area contributed by atoms with Gasteiger partial charge in [-0.05, 0) is 32.4 Å². The van der Waals surface area contributed by atoms with Gasteiger partial charge in [-0.25, -0.2) is 0 Å². The standard InChI is InChI=1S/C17H27NO4.Ca.2H/c1-17(2,3)18-9-12(19)10-22-16-6-4-5-11-7-14(20)15(21)8-13(11)16;;;/h4-6,12,14-15,18-21H,7-10H2,1-3H3;;;/q;+2;2*-1/t12?,14-,15+;;;/m1.../s1. The van der Waals surface area contributed by atoms with Gasteiger partial charge >= 0.3 is 37.7 Å². The number of hydrogen-bond donors (Lipinski definition) is 4. The summed E-state index contributed by atoms with van der Waals surface area (Å²) in [5.41, 5.74) is 1.88. The Morgan fingerprint density at radius 3 is 2.57 bits per heavy atom. The molecule has 1 unspecified atom stereocenters. The number of β-amino-alcohol motifs (C(OH)–C–C–N with tert-alkyl or cyclic N) is 1. The SMILES string of the molecule is CC(C)(C)NCC(O)COc1cccc2c1C[C@H](O)[C@H](O)C2.[Ca+2].[H-].[H-]. The molecule has 1 aliphatic carbocycles. The van der Waals surface area contributed by atoms with Crippen molar-refractivity contribution in [1.29, 1.82) is 0 Å². The summed E-state index contributed by atoms with van der Waals surface area (Å²) in [7, 11) is 0. The number of ether oxygens (including phenoxy) is 1. The van der Waals surface area contributed by atoms with Crippen molar-refractivity contribution in [3.05, 3.63) is 29.3 Å². The van der Waals surface area contributed by atoms with Crippen LogP contribution in [0.25, 0.3) is 0 Å². The van der Waals surface area contributed by atoms with Crippen molar-refractivity contribution < 1.29 is 22.9 Å². The maximum absolute atomic E-state index is 10.00. The minimum Gasteiger partial charge on any atom is -1.00 e. The molecule has 4 N–H and O–H groups in total. The maximum atomic E-state index is 10.00. The summed E-state index contributed by atoms with van der Waals surface area (Å²) in [6, 6.07) is 5.65. The van der Waals surface area contributed by atoms with Crippen LogP contribution < -0.4 is 10.1 Å². The molecule has 23 heavy (non-hydrogen) atoms. The Labute approximate surface area is 171 Å². The summed E-state index contributed by atoms with van der Waals surface area (Å²) in [5, 5.41) is 32.8. The van der Waals surface area contributed by atoms with Crippen molar-refractivity contribution in [2.45, 2.75) is 57.5 Å². The molecule has 0 radical (unpaired) electrons. The van der Waals surface area contributed by atoms with Crippen LogP contribution in [0.4, 0.5) is 0 Å². The van der Waals surface area contributed by atoms with Crippen molar-refractivity contribution in [3.63, 3.8) is 0 Å². The van der Waals surface area contributed by atoms with Crippen LogP contribution in [0.1, 0.15) is 34.8 Å². The van der Waals surface area contributed by atoms with Gasteiger partial charge in [-0.3, -0.25) is 0 Å². The van der Waals surface area contributed by atoms with E-state index in [0.717, 1.165) is 11.1 Å². The largest absolute Gasteiger partial charge is 2.00 e. The molecular weight excluding hydrogens is 322 g/mol. The Morgan fingerprint density at radius 2 is 1.91 bits per heavy atom. The first kappa shape index (κ1) is 21.2. The van der Waals surface area contributed by atoms with Crippen molar-refractivity contribution in [3.8, 4) is 5.75 Å². The normalized spacial score (nSPS) is 22.0. The molecule has 3 atom stereocenters. The zero-order chi connectivity index (χ0) is 16.3. The summed E-state index contributed by atoms with van der Waals surface area (Å²) in [6.45, 7) is 6.78. The Hall–Kier alpha value is 0.120. The van der Waals surface area contributed by atoms with Crippen LogP contribution in [0, 0.1) is 0 Å². The predicted molar refractivity (Wildman–Crippen MR) is 93.1 cm³/mol. The molecular formula is C17H29CaNO4. The van der Waals surface area contributed by atoms with Crippen molar-refractivity contribution in [2.24, 2.45) is 0 Å². The average Bonchev–Trinajstić information content (AvgIpc) is 2.43. The minimum absolute atomic E-state index is 0. The van der Waals surface area contributed by atoms with Gasteiger partial charge < -0.3 is 28.2 Å². The zero-order valence-corrected chi connectivity index (χ0v) is 16.5. The number of nitrogens with one attached hydrogen (secondary N) is 1. The van der Waals surface area contributed by atoms with Crippen molar-refractivity contribution in [2.75, 3.05) is 13.2 Å². The van der Waals surface area contributed by atoms with Crippen LogP contribution in [-0.4, -0.2) is 90.1 Å². The van der Waals surface area contributed by atoms with E-state index in [2.05, 4.69) is 5.32 Å². The van der Waals surface area contributed by atoms with Gasteiger partial charge in [0, 0.05) is 30.5 Å². The van der Waals surface area contributed by atoms with Gasteiger partial charge in [0.15, 0.2) is 0 Å². The van der Waals surface area contributed by atoms with Gasteiger partial charge in [0.25, 0.3) is 0 Å². The Balaban J connectivity index is 0. The third-order valence-electron chi connectivity index (χ3n) is 3.82. The van der Waals surface area contributed by atoms with E-state index in [1.165, 1.54) is 0 Å². The van der Waals surface area contributed by atoms with Gasteiger partial charge in [0.1, 0.15) is 18.5 Å². The molecule has 2 rings (SSSR count). The molecule has 1 aliphatic rings. The van der Waals surface area contributed by atoms with E-state index in [1.54, 1.807) is 0 Å². The third kappa shape index (κ3) is 6.50. The first-order chi connectivity index (χ1) is 10.3. The Morgan fingerprint density at radius 1 is 1.26 bits per heavy atom. The second-order valence-corrected chi connectivity index (χ2v) is 7.03. The molecule has 0 fully saturated rings. The Bertz CT molecular complexity index is 514. The molecule has 0 amide bonds. The molecule has 0 spiro atoms. The van der Waals surface area contributed by atoms with Crippen molar-refractivity contribution in [1.82, 2.24) is 5.32 Å². The second-order valence-electron chi connectivity index (χ2n) is 7.03. The van der Waals surface area contributed by atoms with E-state index >= 15 is 0 Å². The van der Waals surface area contributed by atoms with Gasteiger partial charge in [-0.1, -0.05) is 12.1 Å². The van der Waals surface area contributed by atoms with Gasteiger partial charge in [0.2, 0.25) is 0 Å². The van der Waals surface area contributed by atoms with Gasteiger partial charge in [-0.2, -0.15) is 0 Å². The van der Waals surface area contributed by atoms with Crippen LogP contribution in [0.3, 0.4) is 0 Å². The van der Waals surface area contributed by atoms with E-state index in [1.807, 2.05) is 39.0 Å². The van der Waals surface area contributed by atoms with E-state index in [0.29, 0.717) is 25.1 Å². The van der Waals surface area contributed by atoms with E-state index in [4.69, 9.17) is 4.74 Å². The van der Waals surface area contributed by atoms with Gasteiger partial charge in [0.05, 0.1) is 12.2 Å². The van der Waals surface area contributed by atoms with Crippen molar-refractivity contribution >= 4 is 37.7 Å². The number of hydrogen-bond acceptors (Lipinski definition) is 5. The monoisotopic (exact) mass is 351 g/mol. The molecule has 0 saturated heterocycles. The second kappa shape index (κ2) is 8.99. The molecule has 0 bridgehead atoms. The fourth-order valence-corrected chi connectivity index (χ4v) is 2.54. The zero-order valence-electron chi connectivity index (χ0n) is 16.2. The minimum atomic E-state index is -0.760. The predicted octanol–water partition coefficient (Wildman–Crippen LogP) is 0.479. The van der Waals surface area contributed by atoms with Crippen LogP contribution in [0.15, 0.2) is 18.2 Å². The van der Waals surface area contributed by atoms with Crippen LogP contribution in [-0.2, 0) is 12.8 Å². The summed E-state index contributed by atoms with van der Waals surface area (Å²) in [5.74, 6) is 0.679. The third-order valence-corrected chi connectivity index (χ3v) is 3.82. The average molecular weight is 352 g/mol. The van der Waals surface area contributed by atoms with Crippen LogP contribution in [0.2, 0.25) is 0 Å². The number of aliphatic hydroxyl groups excluding tert-OH is 3. The molecule has 0 aliphatic heterocycles. The molecule has 0 aromatic heterocycles. The fraction of sp³-hybridized carbons (Fsp3) is 0.647. The summed E-state index contributed by atoms with van der Waals surface area (Å²) in [6.07, 6.45) is -1.27. The summed E-state index contributed by atoms with van der Waals surface area (Å²) in [4.78, 5) is 0. The molecule has 0 saturated carbocycles. The summed E-state index contributed by atoms with van der Waals surface area (Å²) >= 11 is 0. The molecule has 1 aromatic rings. The first-order valence-electron chi connectivity index (χ1n) is 7.79. The number of benzene rings is 1. The molecule has 0 heterocycles. The molecule has 5 nitrogen and oxygen atoms in total. The first-order valence-corrected chi connectivity index (χ1v) is 7.79. The molecule has 128 valence electrons. The maximum Gasteiger partial charge on any atom is 2.00 e. The number of fused-ring (bicyclic) bond motifs is 1. The Kier molecular flexibility index (Phi) is 8.28. The number of aliphatic hydroxyl groups is 3. The quantitative estimate of drug-likeness (QED) is 0.580. The van der Waals surface area contributed by atoms with Crippen LogP contribution in [0.5, 0.6) is 5.75 Å². The fourth-order valence-electron chi connectivity index (χ4n) is 2.54. The van der Waals surface area contributed by atoms with E-state index in [-0.39, 0.29) is 52.7 Å². The topological polar surface area (TPSA) is 82.0 Å². The molecule has 6 heteroatoms. The smallest absolute Gasteiger partial charge is 1.00 e. The number of rotatable bonds is 5. The molecule has 1 aromatic carbocycles.